The molecule has 10 heteroatoms. The summed E-state index contributed by atoms with van der Waals surface area (Å²) in [6.07, 6.45) is -1.51. The van der Waals surface area contributed by atoms with E-state index in [9.17, 15) is 21.6 Å². The van der Waals surface area contributed by atoms with Crippen LogP contribution in [0.25, 0.3) is 0 Å². The van der Waals surface area contributed by atoms with Gasteiger partial charge in [-0.1, -0.05) is 0 Å². The van der Waals surface area contributed by atoms with E-state index in [1.807, 2.05) is 0 Å². The summed E-state index contributed by atoms with van der Waals surface area (Å²) in [5, 5.41) is 0. The second-order valence-electron chi connectivity index (χ2n) is 7.77. The number of aromatic nitrogens is 1. The van der Waals surface area contributed by atoms with Crippen LogP contribution in [0.3, 0.4) is 0 Å². The van der Waals surface area contributed by atoms with Crippen molar-refractivity contribution in [2.75, 3.05) is 26.3 Å². The largest absolute Gasteiger partial charge is 0.433 e. The van der Waals surface area contributed by atoms with Gasteiger partial charge in [-0.15, -0.1) is 0 Å². The average molecular weight is 419 g/mol. The minimum Gasteiger partial charge on any atom is -0.379 e. The van der Waals surface area contributed by atoms with Crippen molar-refractivity contribution in [3.63, 3.8) is 0 Å². The van der Waals surface area contributed by atoms with Gasteiger partial charge in [0.1, 0.15) is 10.6 Å². The highest BCUT2D eigenvalue weighted by Crippen LogP contribution is 2.42. The van der Waals surface area contributed by atoms with Crippen LogP contribution in [0.1, 0.15) is 37.1 Å². The van der Waals surface area contributed by atoms with Crippen LogP contribution >= 0.6 is 0 Å². The molecular formula is C18H24F3N3O3S. The fourth-order valence-electron chi connectivity index (χ4n) is 4.83. The number of piperidine rings is 1. The quantitative estimate of drug-likeness (QED) is 0.753. The third-order valence-corrected chi connectivity index (χ3v) is 8.23. The zero-order chi connectivity index (χ0) is 20.1. The van der Waals surface area contributed by atoms with E-state index in [1.54, 1.807) is 4.31 Å². The lowest BCUT2D eigenvalue weighted by Crippen LogP contribution is -2.54. The summed E-state index contributed by atoms with van der Waals surface area (Å²) in [5.41, 5.74) is -1.18. The molecule has 0 aliphatic carbocycles. The number of fused-ring (bicyclic) bond motifs is 2. The smallest absolute Gasteiger partial charge is 0.379 e. The van der Waals surface area contributed by atoms with Gasteiger partial charge in [0, 0.05) is 31.2 Å². The maximum absolute atomic E-state index is 13.3. The maximum Gasteiger partial charge on any atom is 0.433 e. The first-order valence-electron chi connectivity index (χ1n) is 9.58. The van der Waals surface area contributed by atoms with E-state index in [1.165, 1.54) is 6.92 Å². The zero-order valence-corrected chi connectivity index (χ0v) is 16.5. The van der Waals surface area contributed by atoms with Crippen molar-refractivity contribution >= 4 is 10.0 Å². The number of hydrogen-bond donors (Lipinski definition) is 0. The molecule has 0 amide bonds. The molecule has 1 aromatic rings. The molecule has 3 fully saturated rings. The predicted molar refractivity (Wildman–Crippen MR) is 95.2 cm³/mol. The van der Waals surface area contributed by atoms with Crippen LogP contribution in [0.5, 0.6) is 0 Å². The number of ether oxygens (including phenoxy) is 1. The van der Waals surface area contributed by atoms with Crippen molar-refractivity contribution in [2.45, 2.75) is 61.8 Å². The molecule has 3 saturated heterocycles. The van der Waals surface area contributed by atoms with Crippen molar-refractivity contribution in [3.05, 3.63) is 23.5 Å². The van der Waals surface area contributed by atoms with Crippen LogP contribution in [0, 0.1) is 6.92 Å². The van der Waals surface area contributed by atoms with Gasteiger partial charge in [-0.2, -0.15) is 17.5 Å². The van der Waals surface area contributed by atoms with E-state index in [0.29, 0.717) is 19.3 Å². The molecule has 3 aliphatic heterocycles. The number of hydrogen-bond acceptors (Lipinski definition) is 5. The third-order valence-electron chi connectivity index (χ3n) is 6.09. The zero-order valence-electron chi connectivity index (χ0n) is 15.7. The molecule has 156 valence electrons. The number of sulfonamides is 1. The Hall–Kier alpha value is -1.23. The lowest BCUT2D eigenvalue weighted by molar-refractivity contribution is -0.141. The molecule has 28 heavy (non-hydrogen) atoms. The molecule has 4 heterocycles. The maximum atomic E-state index is 13.3. The molecule has 6 nitrogen and oxygen atoms in total. The van der Waals surface area contributed by atoms with Gasteiger partial charge >= 0.3 is 6.18 Å². The molecule has 0 aromatic carbocycles. The number of morpholine rings is 1. The Morgan fingerprint density at radius 2 is 1.68 bits per heavy atom. The van der Waals surface area contributed by atoms with Crippen LogP contribution in [-0.4, -0.2) is 67.0 Å². The summed E-state index contributed by atoms with van der Waals surface area (Å²) in [6, 6.07) is 1.91. The second kappa shape index (κ2) is 7.23. The molecule has 0 spiro atoms. The Bertz CT molecular complexity index is 826. The normalized spacial score (nSPS) is 29.9. The van der Waals surface area contributed by atoms with Crippen molar-refractivity contribution in [1.82, 2.24) is 14.2 Å². The molecule has 1 unspecified atom stereocenters. The molecule has 0 radical (unpaired) electrons. The fourth-order valence-corrected chi connectivity index (χ4v) is 6.88. The number of rotatable bonds is 3. The summed E-state index contributed by atoms with van der Waals surface area (Å²) >= 11 is 0. The molecular weight excluding hydrogens is 395 g/mol. The Balaban J connectivity index is 1.57. The summed E-state index contributed by atoms with van der Waals surface area (Å²) < 4.78 is 72.1. The van der Waals surface area contributed by atoms with Gasteiger partial charge in [0.2, 0.25) is 10.0 Å². The summed E-state index contributed by atoms with van der Waals surface area (Å²) in [4.78, 5) is 5.77. The van der Waals surface area contributed by atoms with Crippen LogP contribution in [0.4, 0.5) is 13.2 Å². The number of pyridine rings is 1. The molecule has 0 saturated carbocycles. The molecule has 4 rings (SSSR count). The Labute approximate surface area is 162 Å². The van der Waals surface area contributed by atoms with Gasteiger partial charge in [0.15, 0.2) is 0 Å². The average Bonchev–Trinajstić information content (AvgIpc) is 2.93. The highest BCUT2D eigenvalue weighted by Gasteiger charge is 2.49. The van der Waals surface area contributed by atoms with Gasteiger partial charge in [0.05, 0.1) is 18.9 Å². The Morgan fingerprint density at radius 1 is 1.07 bits per heavy atom. The molecule has 3 aliphatic rings. The van der Waals surface area contributed by atoms with Crippen molar-refractivity contribution < 1.29 is 26.3 Å². The van der Waals surface area contributed by atoms with E-state index in [4.69, 9.17) is 4.74 Å². The standard InChI is InChI=1S/C18H24F3N3O3S/c1-12-16(4-5-17(22-12)18(19,20)21)28(25,26)24-13-2-3-14(24)11-15(10-13)23-6-8-27-9-7-23/h4-5,13-15H,2-3,6-11H2,1H3/t13-,14+,15?. The van der Waals surface area contributed by atoms with Crippen LogP contribution in [-0.2, 0) is 20.9 Å². The first kappa shape index (κ1) is 20.1. The number of aryl methyl sites for hydroxylation is 1. The van der Waals surface area contributed by atoms with Gasteiger partial charge in [-0.25, -0.2) is 13.4 Å². The number of alkyl halides is 3. The first-order valence-corrected chi connectivity index (χ1v) is 11.0. The van der Waals surface area contributed by atoms with Gasteiger partial charge in [0.25, 0.3) is 0 Å². The summed E-state index contributed by atoms with van der Waals surface area (Å²) in [7, 11) is -3.88. The molecule has 3 atom stereocenters. The van der Waals surface area contributed by atoms with E-state index >= 15 is 0 Å². The molecule has 2 bridgehead atoms. The van der Waals surface area contributed by atoms with E-state index < -0.39 is 21.9 Å². The predicted octanol–water partition coefficient (Wildman–Crippen LogP) is 2.43. The van der Waals surface area contributed by atoms with Crippen molar-refractivity contribution in [3.8, 4) is 0 Å². The van der Waals surface area contributed by atoms with E-state index in [-0.39, 0.29) is 22.7 Å². The van der Waals surface area contributed by atoms with Gasteiger partial charge in [-0.05, 0) is 44.7 Å². The fraction of sp³-hybridized carbons (Fsp3) is 0.722. The number of halogens is 3. The minimum absolute atomic E-state index is 0.107. The lowest BCUT2D eigenvalue weighted by Gasteiger charge is -2.43. The lowest BCUT2D eigenvalue weighted by atomic mass is 9.98. The first-order chi connectivity index (χ1) is 13.2. The Kier molecular flexibility index (Phi) is 5.18. The van der Waals surface area contributed by atoms with Crippen LogP contribution in [0.15, 0.2) is 17.0 Å². The monoisotopic (exact) mass is 419 g/mol. The van der Waals surface area contributed by atoms with E-state index in [2.05, 4.69) is 9.88 Å². The highest BCUT2D eigenvalue weighted by molar-refractivity contribution is 7.89. The Morgan fingerprint density at radius 3 is 2.21 bits per heavy atom. The van der Waals surface area contributed by atoms with Crippen LogP contribution < -0.4 is 0 Å². The topological polar surface area (TPSA) is 62.7 Å². The molecule has 0 N–H and O–H groups in total. The van der Waals surface area contributed by atoms with Gasteiger partial charge < -0.3 is 4.74 Å². The summed E-state index contributed by atoms with van der Waals surface area (Å²) in [5.74, 6) is 0. The van der Waals surface area contributed by atoms with Crippen molar-refractivity contribution in [2.24, 2.45) is 0 Å². The SMILES string of the molecule is Cc1nc(C(F)(F)F)ccc1S(=O)(=O)N1[C@@H]2CC[C@H]1CC(N1CCOCC1)C2. The van der Waals surface area contributed by atoms with Crippen LogP contribution in [0.2, 0.25) is 0 Å². The number of nitrogens with zero attached hydrogens (tertiary/aromatic N) is 3. The van der Waals surface area contributed by atoms with E-state index in [0.717, 1.165) is 50.9 Å². The molecule has 1 aromatic heterocycles. The summed E-state index contributed by atoms with van der Waals surface area (Å²) in [6.45, 7) is 4.44. The second-order valence-corrected chi connectivity index (χ2v) is 9.58. The van der Waals surface area contributed by atoms with Crippen molar-refractivity contribution in [1.29, 1.82) is 0 Å². The minimum atomic E-state index is -4.59. The third kappa shape index (κ3) is 3.55. The van der Waals surface area contributed by atoms with Gasteiger partial charge in [-0.3, -0.25) is 4.90 Å². The highest BCUT2D eigenvalue weighted by atomic mass is 32.2.